The van der Waals surface area contributed by atoms with Gasteiger partial charge in [-0.3, -0.25) is 0 Å². The van der Waals surface area contributed by atoms with Crippen molar-refractivity contribution in [2.45, 2.75) is 25.4 Å². The third-order valence-electron chi connectivity index (χ3n) is 3.23. The first-order chi connectivity index (χ1) is 8.76. The van der Waals surface area contributed by atoms with Crippen LogP contribution >= 0.6 is 11.8 Å². The van der Waals surface area contributed by atoms with E-state index in [0.717, 1.165) is 19.4 Å². The van der Waals surface area contributed by atoms with Gasteiger partial charge in [0.25, 0.3) is 6.04 Å². The molecule has 1 atom stereocenters. The number of carbonyl (C=O) groups is 1. The highest BCUT2D eigenvalue weighted by molar-refractivity contribution is 8.13. The molecule has 0 aromatic heterocycles. The SMILES string of the molecule is COC(=O)C1CCC(SC)=[N+]1Cc1ccccc1. The summed E-state index contributed by atoms with van der Waals surface area (Å²) in [6.07, 6.45) is 3.89. The van der Waals surface area contributed by atoms with Crippen LogP contribution in [0.15, 0.2) is 30.3 Å². The Kier molecular flexibility index (Phi) is 4.42. The van der Waals surface area contributed by atoms with Gasteiger partial charge in [0.05, 0.1) is 7.11 Å². The van der Waals surface area contributed by atoms with Crippen molar-refractivity contribution in [3.05, 3.63) is 35.9 Å². The fourth-order valence-electron chi connectivity index (χ4n) is 2.31. The van der Waals surface area contributed by atoms with Gasteiger partial charge in [-0.05, 0) is 6.26 Å². The van der Waals surface area contributed by atoms with Crippen molar-refractivity contribution in [2.75, 3.05) is 13.4 Å². The van der Waals surface area contributed by atoms with E-state index in [2.05, 4.69) is 23.0 Å². The number of carbonyl (C=O) groups excluding carboxylic acids is 1. The van der Waals surface area contributed by atoms with Gasteiger partial charge in [0.15, 0.2) is 6.54 Å². The second kappa shape index (κ2) is 6.05. The second-order valence-electron chi connectivity index (χ2n) is 4.29. The Bertz CT molecular complexity index is 456. The van der Waals surface area contributed by atoms with Gasteiger partial charge in [-0.1, -0.05) is 42.1 Å². The molecular formula is C14H18NO2S+. The lowest BCUT2D eigenvalue weighted by atomic mass is 10.2. The molecule has 18 heavy (non-hydrogen) atoms. The normalized spacial score (nSPS) is 19.1. The number of hydrogen-bond acceptors (Lipinski definition) is 3. The van der Waals surface area contributed by atoms with Crippen molar-refractivity contribution in [2.24, 2.45) is 0 Å². The second-order valence-corrected chi connectivity index (χ2v) is 5.17. The minimum absolute atomic E-state index is 0.127. The summed E-state index contributed by atoms with van der Waals surface area (Å²) in [6.45, 7) is 0.775. The number of thioether (sulfide) groups is 1. The molecule has 0 fully saturated rings. The Morgan fingerprint density at radius 2 is 2.17 bits per heavy atom. The number of rotatable bonds is 3. The van der Waals surface area contributed by atoms with Crippen LogP contribution in [-0.2, 0) is 16.1 Å². The van der Waals surface area contributed by atoms with Crippen LogP contribution in [0.1, 0.15) is 18.4 Å². The molecule has 1 aliphatic heterocycles. The van der Waals surface area contributed by atoms with Crippen LogP contribution in [0.3, 0.4) is 0 Å². The monoisotopic (exact) mass is 264 g/mol. The van der Waals surface area contributed by atoms with Crippen LogP contribution in [-0.4, -0.2) is 35.0 Å². The molecule has 96 valence electrons. The lowest BCUT2D eigenvalue weighted by Gasteiger charge is -2.09. The zero-order valence-corrected chi connectivity index (χ0v) is 11.6. The molecule has 0 radical (unpaired) electrons. The third-order valence-corrected chi connectivity index (χ3v) is 4.14. The maximum Gasteiger partial charge on any atom is 0.375 e. The van der Waals surface area contributed by atoms with E-state index >= 15 is 0 Å². The molecule has 0 N–H and O–H groups in total. The number of nitrogens with zero attached hydrogens (tertiary/aromatic N) is 1. The minimum atomic E-state index is -0.130. The van der Waals surface area contributed by atoms with E-state index in [1.807, 2.05) is 18.2 Å². The largest absolute Gasteiger partial charge is 0.464 e. The molecule has 1 aromatic carbocycles. The zero-order chi connectivity index (χ0) is 13.0. The first kappa shape index (κ1) is 13.1. The topological polar surface area (TPSA) is 29.3 Å². The van der Waals surface area contributed by atoms with Crippen LogP contribution in [0.2, 0.25) is 0 Å². The van der Waals surface area contributed by atoms with Crippen molar-refractivity contribution < 1.29 is 14.1 Å². The molecular weight excluding hydrogens is 246 g/mol. The van der Waals surface area contributed by atoms with Gasteiger partial charge in [0, 0.05) is 18.4 Å². The molecule has 1 unspecified atom stereocenters. The van der Waals surface area contributed by atoms with Crippen LogP contribution in [0, 0.1) is 0 Å². The molecule has 0 saturated heterocycles. The van der Waals surface area contributed by atoms with Crippen LogP contribution in [0.25, 0.3) is 0 Å². The van der Waals surface area contributed by atoms with Crippen molar-refractivity contribution in [1.82, 2.24) is 0 Å². The van der Waals surface area contributed by atoms with Crippen molar-refractivity contribution >= 4 is 22.8 Å². The maximum atomic E-state index is 11.8. The van der Waals surface area contributed by atoms with E-state index in [-0.39, 0.29) is 12.0 Å². The van der Waals surface area contributed by atoms with Crippen molar-refractivity contribution in [3.8, 4) is 0 Å². The fourth-order valence-corrected chi connectivity index (χ4v) is 3.06. The Hall–Kier alpha value is -1.29. The number of ether oxygens (including phenoxy) is 1. The number of methoxy groups -OCH3 is 1. The quantitative estimate of drug-likeness (QED) is 0.619. The fraction of sp³-hybridized carbons (Fsp3) is 0.429. The summed E-state index contributed by atoms with van der Waals surface area (Å²) >= 11 is 1.73. The molecule has 0 spiro atoms. The molecule has 2 rings (SSSR count). The smallest absolute Gasteiger partial charge is 0.375 e. The lowest BCUT2D eigenvalue weighted by Crippen LogP contribution is -2.32. The number of esters is 1. The number of benzene rings is 1. The minimum Gasteiger partial charge on any atom is -0.464 e. The summed E-state index contributed by atoms with van der Waals surface area (Å²) in [4.78, 5) is 11.8. The molecule has 0 saturated carbocycles. The highest BCUT2D eigenvalue weighted by atomic mass is 32.2. The molecule has 3 nitrogen and oxygen atoms in total. The molecule has 1 heterocycles. The van der Waals surface area contributed by atoms with E-state index in [9.17, 15) is 4.79 Å². The van der Waals surface area contributed by atoms with Crippen molar-refractivity contribution in [3.63, 3.8) is 0 Å². The van der Waals surface area contributed by atoms with E-state index in [1.165, 1.54) is 17.7 Å². The average molecular weight is 264 g/mol. The van der Waals surface area contributed by atoms with E-state index < -0.39 is 0 Å². The summed E-state index contributed by atoms with van der Waals surface area (Å²) in [6, 6.07) is 10.1. The van der Waals surface area contributed by atoms with Gasteiger partial charge in [-0.2, -0.15) is 0 Å². The molecule has 0 amide bonds. The Labute approximate surface area is 112 Å². The molecule has 0 aliphatic carbocycles. The predicted octanol–water partition coefficient (Wildman–Crippen LogP) is 2.30. The first-order valence-corrected chi connectivity index (χ1v) is 7.27. The maximum absolute atomic E-state index is 11.8. The van der Waals surface area contributed by atoms with Gasteiger partial charge >= 0.3 is 5.97 Å². The highest BCUT2D eigenvalue weighted by Gasteiger charge is 2.38. The van der Waals surface area contributed by atoms with Crippen LogP contribution < -0.4 is 0 Å². The first-order valence-electron chi connectivity index (χ1n) is 6.04. The summed E-state index contributed by atoms with van der Waals surface area (Å²) in [7, 11) is 1.46. The molecule has 1 aromatic rings. The summed E-state index contributed by atoms with van der Waals surface area (Å²) < 4.78 is 7.06. The zero-order valence-electron chi connectivity index (χ0n) is 10.8. The number of hydrogen-bond donors (Lipinski definition) is 0. The summed E-state index contributed by atoms with van der Waals surface area (Å²) in [5.41, 5.74) is 1.22. The molecule has 1 aliphatic rings. The molecule has 0 bridgehead atoms. The Morgan fingerprint density at radius 3 is 2.78 bits per heavy atom. The standard InChI is InChI=1S/C14H18NO2S/c1-17-14(16)12-8-9-13(18-2)15(12)10-11-6-4-3-5-7-11/h3-7,12H,8-10H2,1-2H3/q+1. The highest BCUT2D eigenvalue weighted by Crippen LogP contribution is 2.22. The van der Waals surface area contributed by atoms with E-state index in [0.29, 0.717) is 0 Å². The summed E-state index contributed by atoms with van der Waals surface area (Å²) in [5, 5.41) is 1.27. The lowest BCUT2D eigenvalue weighted by molar-refractivity contribution is -0.560. The van der Waals surface area contributed by atoms with E-state index in [4.69, 9.17) is 4.74 Å². The van der Waals surface area contributed by atoms with Crippen LogP contribution in [0.5, 0.6) is 0 Å². The summed E-state index contributed by atoms with van der Waals surface area (Å²) in [5.74, 6) is -0.130. The average Bonchev–Trinajstić information content (AvgIpc) is 2.82. The van der Waals surface area contributed by atoms with Gasteiger partial charge in [0.2, 0.25) is 5.04 Å². The third kappa shape index (κ3) is 2.75. The van der Waals surface area contributed by atoms with Gasteiger partial charge < -0.3 is 4.74 Å². The van der Waals surface area contributed by atoms with Gasteiger partial charge in [-0.25, -0.2) is 9.37 Å². The van der Waals surface area contributed by atoms with Gasteiger partial charge in [0.1, 0.15) is 0 Å². The predicted molar refractivity (Wildman–Crippen MR) is 74.0 cm³/mol. The Balaban J connectivity index is 2.23. The van der Waals surface area contributed by atoms with Crippen molar-refractivity contribution in [1.29, 1.82) is 0 Å². The Morgan fingerprint density at radius 1 is 1.44 bits per heavy atom. The van der Waals surface area contributed by atoms with Gasteiger partial charge in [-0.15, -0.1) is 0 Å². The van der Waals surface area contributed by atoms with Crippen LogP contribution in [0.4, 0.5) is 0 Å². The molecule has 4 heteroatoms. The van der Waals surface area contributed by atoms with E-state index in [1.54, 1.807) is 11.8 Å².